The molecule has 2 rings (SSSR count). The van der Waals surface area contributed by atoms with Crippen molar-refractivity contribution in [3.05, 3.63) is 29.8 Å². The number of nitrogens with zero attached hydrogens (tertiary/aromatic N) is 1. The predicted molar refractivity (Wildman–Crippen MR) is 75.5 cm³/mol. The van der Waals surface area contributed by atoms with Gasteiger partial charge in [0.25, 0.3) is 0 Å². The highest BCUT2D eigenvalue weighted by Gasteiger charge is 2.31. The fraction of sp³-hybridized carbons (Fsp3) is 0.600. The van der Waals surface area contributed by atoms with E-state index in [1.807, 2.05) is 4.90 Å². The topological polar surface area (TPSA) is 24.5 Å². The third-order valence-electron chi connectivity index (χ3n) is 3.76. The van der Waals surface area contributed by atoms with E-state index in [1.54, 1.807) is 6.07 Å². The van der Waals surface area contributed by atoms with E-state index >= 15 is 0 Å². The van der Waals surface area contributed by atoms with Crippen molar-refractivity contribution in [1.29, 1.82) is 0 Å². The first kappa shape index (κ1) is 17.9. The number of benzene rings is 1. The van der Waals surface area contributed by atoms with E-state index < -0.39 is 25.3 Å². The first-order valence-corrected chi connectivity index (χ1v) is 7.41. The van der Waals surface area contributed by atoms with Crippen molar-refractivity contribution < 1.29 is 26.7 Å². The number of piperazine rings is 1. The van der Waals surface area contributed by atoms with Crippen LogP contribution in [0.4, 0.5) is 22.0 Å². The summed E-state index contributed by atoms with van der Waals surface area (Å²) in [6.45, 7) is -0.353. The molecule has 1 atom stereocenters. The molecule has 3 nitrogen and oxygen atoms in total. The van der Waals surface area contributed by atoms with E-state index in [0.717, 1.165) is 0 Å². The van der Waals surface area contributed by atoms with Crippen molar-refractivity contribution in [2.24, 2.45) is 0 Å². The maximum absolute atomic E-state index is 12.6. The number of ether oxygens (including phenoxy) is 1. The molecule has 1 aromatic rings. The van der Waals surface area contributed by atoms with E-state index in [4.69, 9.17) is 0 Å². The molecule has 1 aromatic carbocycles. The average molecular weight is 338 g/mol. The number of hydrogen-bond donors (Lipinski definition) is 1. The standard InChI is InChI=1S/C15H19F5N2O/c16-14(17)23-12-3-1-2-11(10-12)13(4-5-15(18,19)20)22-8-6-21-7-9-22/h1-3,10,13-14,21H,4-9H2/t13-/m0/s1. The van der Waals surface area contributed by atoms with E-state index in [9.17, 15) is 22.0 Å². The Hall–Kier alpha value is -1.41. The van der Waals surface area contributed by atoms with Gasteiger partial charge in [0.05, 0.1) is 0 Å². The molecule has 0 bridgehead atoms. The summed E-state index contributed by atoms with van der Waals surface area (Å²) >= 11 is 0. The molecule has 8 heteroatoms. The Labute approximate surface area is 131 Å². The lowest BCUT2D eigenvalue weighted by Crippen LogP contribution is -2.45. The normalized spacial score (nSPS) is 18.2. The van der Waals surface area contributed by atoms with Crippen LogP contribution < -0.4 is 10.1 Å². The second-order valence-corrected chi connectivity index (χ2v) is 5.41. The number of rotatable bonds is 6. The van der Waals surface area contributed by atoms with Gasteiger partial charge in [-0.1, -0.05) is 12.1 Å². The highest BCUT2D eigenvalue weighted by atomic mass is 19.4. The summed E-state index contributed by atoms with van der Waals surface area (Å²) < 4.78 is 66.8. The Kier molecular flexibility index (Phi) is 6.17. The summed E-state index contributed by atoms with van der Waals surface area (Å²) in [7, 11) is 0. The lowest BCUT2D eigenvalue weighted by Gasteiger charge is -2.35. The van der Waals surface area contributed by atoms with E-state index in [1.165, 1.54) is 18.2 Å². The molecule has 1 aliphatic rings. The largest absolute Gasteiger partial charge is 0.435 e. The zero-order chi connectivity index (χ0) is 16.9. The zero-order valence-corrected chi connectivity index (χ0v) is 12.5. The molecule has 0 radical (unpaired) electrons. The number of alkyl halides is 5. The molecular weight excluding hydrogens is 319 g/mol. The van der Waals surface area contributed by atoms with Gasteiger partial charge in [-0.05, 0) is 24.1 Å². The van der Waals surface area contributed by atoms with Gasteiger partial charge in [-0.25, -0.2) is 0 Å². The zero-order valence-electron chi connectivity index (χ0n) is 12.5. The molecule has 0 spiro atoms. The van der Waals surface area contributed by atoms with Crippen LogP contribution in [-0.4, -0.2) is 43.9 Å². The van der Waals surface area contributed by atoms with Crippen LogP contribution in [0.3, 0.4) is 0 Å². The highest BCUT2D eigenvalue weighted by Crippen LogP contribution is 2.33. The lowest BCUT2D eigenvalue weighted by atomic mass is 9.99. The van der Waals surface area contributed by atoms with Gasteiger partial charge < -0.3 is 10.1 Å². The van der Waals surface area contributed by atoms with Crippen LogP contribution in [0.1, 0.15) is 24.4 Å². The maximum Gasteiger partial charge on any atom is 0.389 e. The Balaban J connectivity index is 2.17. The molecule has 0 aromatic heterocycles. The Morgan fingerprint density at radius 3 is 2.48 bits per heavy atom. The van der Waals surface area contributed by atoms with Crippen molar-refractivity contribution in [2.75, 3.05) is 26.2 Å². The van der Waals surface area contributed by atoms with Crippen LogP contribution in [0.25, 0.3) is 0 Å². The van der Waals surface area contributed by atoms with Crippen LogP contribution >= 0.6 is 0 Å². The minimum atomic E-state index is -4.25. The molecular formula is C15H19F5N2O. The van der Waals surface area contributed by atoms with Gasteiger partial charge in [-0.2, -0.15) is 22.0 Å². The summed E-state index contributed by atoms with van der Waals surface area (Å²) in [5.74, 6) is -0.0374. The third kappa shape index (κ3) is 5.95. The molecule has 0 unspecified atom stereocenters. The smallest absolute Gasteiger partial charge is 0.389 e. The minimum absolute atomic E-state index is 0.0374. The molecule has 0 amide bonds. The van der Waals surface area contributed by atoms with Gasteiger partial charge in [-0.3, -0.25) is 4.90 Å². The molecule has 1 aliphatic heterocycles. The first-order valence-electron chi connectivity index (χ1n) is 7.41. The SMILES string of the molecule is FC(F)Oc1cccc([C@H](CCC(F)(F)F)N2CCNCC2)c1. The van der Waals surface area contributed by atoms with Gasteiger partial charge in [-0.15, -0.1) is 0 Å². The maximum atomic E-state index is 12.6. The molecule has 130 valence electrons. The summed E-state index contributed by atoms with van der Waals surface area (Å²) in [5.41, 5.74) is 0.564. The van der Waals surface area contributed by atoms with Gasteiger partial charge >= 0.3 is 12.8 Å². The number of hydrogen-bond acceptors (Lipinski definition) is 3. The van der Waals surface area contributed by atoms with E-state index in [-0.39, 0.29) is 12.2 Å². The summed E-state index contributed by atoms with van der Waals surface area (Å²) in [5, 5.41) is 3.14. The first-order chi connectivity index (χ1) is 10.8. The molecule has 0 aliphatic carbocycles. The molecule has 1 fully saturated rings. The lowest BCUT2D eigenvalue weighted by molar-refractivity contribution is -0.138. The molecule has 1 N–H and O–H groups in total. The van der Waals surface area contributed by atoms with E-state index in [2.05, 4.69) is 10.1 Å². The summed E-state index contributed by atoms with van der Waals surface area (Å²) in [6.07, 6.45) is -5.27. The fourth-order valence-electron chi connectivity index (χ4n) is 2.75. The number of nitrogens with one attached hydrogen (secondary N) is 1. The molecule has 1 heterocycles. The van der Waals surface area contributed by atoms with E-state index in [0.29, 0.717) is 31.7 Å². The Bertz CT molecular complexity index is 489. The second kappa shape index (κ2) is 7.92. The third-order valence-corrected chi connectivity index (χ3v) is 3.76. The summed E-state index contributed by atoms with van der Waals surface area (Å²) in [4.78, 5) is 1.95. The predicted octanol–water partition coefficient (Wildman–Crippen LogP) is 3.58. The Morgan fingerprint density at radius 1 is 1.17 bits per heavy atom. The van der Waals surface area contributed by atoms with Crippen LogP contribution in [0.5, 0.6) is 5.75 Å². The van der Waals surface area contributed by atoms with Crippen LogP contribution in [0.15, 0.2) is 24.3 Å². The van der Waals surface area contributed by atoms with Gasteiger partial charge in [0, 0.05) is 38.6 Å². The van der Waals surface area contributed by atoms with Crippen LogP contribution in [0, 0.1) is 0 Å². The molecule has 1 saturated heterocycles. The van der Waals surface area contributed by atoms with Crippen molar-refractivity contribution in [1.82, 2.24) is 10.2 Å². The van der Waals surface area contributed by atoms with Crippen molar-refractivity contribution in [3.8, 4) is 5.75 Å². The van der Waals surface area contributed by atoms with Crippen LogP contribution in [-0.2, 0) is 0 Å². The van der Waals surface area contributed by atoms with Gasteiger partial charge in [0.1, 0.15) is 5.75 Å². The average Bonchev–Trinajstić information content (AvgIpc) is 2.47. The van der Waals surface area contributed by atoms with Gasteiger partial charge in [0.15, 0.2) is 0 Å². The van der Waals surface area contributed by atoms with Gasteiger partial charge in [0.2, 0.25) is 0 Å². The fourth-order valence-corrected chi connectivity index (χ4v) is 2.75. The minimum Gasteiger partial charge on any atom is -0.435 e. The monoisotopic (exact) mass is 338 g/mol. The van der Waals surface area contributed by atoms with Crippen LogP contribution in [0.2, 0.25) is 0 Å². The summed E-state index contributed by atoms with van der Waals surface area (Å²) in [6, 6.07) is 5.47. The molecule has 23 heavy (non-hydrogen) atoms. The second-order valence-electron chi connectivity index (χ2n) is 5.41. The van der Waals surface area contributed by atoms with Crippen molar-refractivity contribution in [2.45, 2.75) is 31.7 Å². The van der Waals surface area contributed by atoms with Crippen molar-refractivity contribution in [3.63, 3.8) is 0 Å². The number of halogens is 5. The van der Waals surface area contributed by atoms with Crippen molar-refractivity contribution >= 4 is 0 Å². The Morgan fingerprint density at radius 2 is 1.87 bits per heavy atom. The molecule has 0 saturated carbocycles. The highest BCUT2D eigenvalue weighted by molar-refractivity contribution is 5.31. The quantitative estimate of drug-likeness (QED) is 0.803.